The van der Waals surface area contributed by atoms with Gasteiger partial charge in [0.2, 0.25) is 0 Å². The van der Waals surface area contributed by atoms with Crippen LogP contribution in [0.25, 0.3) is 0 Å². The molecule has 3 N–H and O–H groups in total. The highest BCUT2D eigenvalue weighted by molar-refractivity contribution is 5.97. The zero-order chi connectivity index (χ0) is 14.9. The number of carbonyl (C=O) groups excluding carboxylic acids is 1. The zero-order valence-corrected chi connectivity index (χ0v) is 11.4. The molecule has 1 aromatic rings. The number of benzene rings is 1. The molecule has 1 heterocycles. The molecule has 1 aromatic carbocycles. The Hall–Kier alpha value is -2.08. The molecule has 2 amide bonds. The number of para-hydroxylation sites is 1. The van der Waals surface area contributed by atoms with E-state index >= 15 is 0 Å². The minimum atomic E-state index is -1.32. The van der Waals surface area contributed by atoms with Gasteiger partial charge in [-0.1, -0.05) is 18.2 Å². The fourth-order valence-electron chi connectivity index (χ4n) is 2.47. The maximum Gasteiger partial charge on any atom is 0.328 e. The average molecular weight is 278 g/mol. The van der Waals surface area contributed by atoms with Crippen molar-refractivity contribution in [3.8, 4) is 0 Å². The largest absolute Gasteiger partial charge is 0.480 e. The van der Waals surface area contributed by atoms with Gasteiger partial charge in [-0.15, -0.1) is 0 Å². The molecule has 0 fully saturated rings. The van der Waals surface area contributed by atoms with Crippen molar-refractivity contribution >= 4 is 17.7 Å². The molecular formula is C14H18N2O4. The number of carboxylic acids is 1. The van der Waals surface area contributed by atoms with E-state index in [4.69, 9.17) is 5.11 Å². The monoisotopic (exact) mass is 278 g/mol. The highest BCUT2D eigenvalue weighted by Gasteiger charge is 2.34. The van der Waals surface area contributed by atoms with Gasteiger partial charge in [-0.05, 0) is 31.9 Å². The third kappa shape index (κ3) is 2.60. The average Bonchev–Trinajstić information content (AvgIpc) is 2.70. The third-order valence-corrected chi connectivity index (χ3v) is 3.45. The fraction of sp³-hybridized carbons (Fsp3) is 0.429. The predicted molar refractivity (Wildman–Crippen MR) is 73.7 cm³/mol. The predicted octanol–water partition coefficient (Wildman–Crippen LogP) is 0.981. The summed E-state index contributed by atoms with van der Waals surface area (Å²) in [5.74, 6) is -1.26. The van der Waals surface area contributed by atoms with Crippen LogP contribution in [0, 0.1) is 0 Å². The molecule has 0 bridgehead atoms. The summed E-state index contributed by atoms with van der Waals surface area (Å²) >= 11 is 0. The summed E-state index contributed by atoms with van der Waals surface area (Å²) in [4.78, 5) is 24.8. The molecule has 0 aliphatic carbocycles. The Morgan fingerprint density at radius 1 is 1.40 bits per heavy atom. The summed E-state index contributed by atoms with van der Waals surface area (Å²) in [6.07, 6.45) is -0.430. The summed E-state index contributed by atoms with van der Waals surface area (Å²) in [6.45, 7) is 3.23. The van der Waals surface area contributed by atoms with E-state index in [2.05, 4.69) is 5.32 Å². The van der Waals surface area contributed by atoms with E-state index in [1.165, 1.54) is 11.8 Å². The van der Waals surface area contributed by atoms with Crippen LogP contribution in [0.4, 0.5) is 10.5 Å². The standard InChI is InChI=1S/C14H18N2O4/c1-8-7-10-5-3-4-6-11(10)16(8)14(20)15-12(9(2)17)13(18)19/h3-6,8-9,12,17H,7H2,1-2H3,(H,15,20)(H,18,19)/t8?,9-,12+/m1/s1. The number of urea groups is 1. The van der Waals surface area contributed by atoms with Crippen molar-refractivity contribution in [1.29, 1.82) is 0 Å². The number of aliphatic hydroxyl groups excluding tert-OH is 1. The number of nitrogens with zero attached hydrogens (tertiary/aromatic N) is 1. The van der Waals surface area contributed by atoms with Crippen molar-refractivity contribution in [3.05, 3.63) is 29.8 Å². The minimum absolute atomic E-state index is 0.0455. The van der Waals surface area contributed by atoms with Crippen molar-refractivity contribution in [2.75, 3.05) is 4.90 Å². The van der Waals surface area contributed by atoms with Crippen molar-refractivity contribution < 1.29 is 19.8 Å². The second-order valence-corrected chi connectivity index (χ2v) is 5.06. The topological polar surface area (TPSA) is 89.9 Å². The Balaban J connectivity index is 2.19. The van der Waals surface area contributed by atoms with Gasteiger partial charge in [0.25, 0.3) is 0 Å². The number of carbonyl (C=O) groups is 2. The summed E-state index contributed by atoms with van der Waals surface area (Å²) in [5.41, 5.74) is 1.84. The van der Waals surface area contributed by atoms with Crippen molar-refractivity contribution in [2.24, 2.45) is 0 Å². The molecule has 0 spiro atoms. The maximum atomic E-state index is 12.3. The Bertz CT molecular complexity index is 530. The lowest BCUT2D eigenvalue weighted by molar-refractivity contribution is -0.141. The van der Waals surface area contributed by atoms with Crippen LogP contribution in [0.2, 0.25) is 0 Å². The normalized spacial score (nSPS) is 20.1. The van der Waals surface area contributed by atoms with Crippen LogP contribution in [0.15, 0.2) is 24.3 Å². The van der Waals surface area contributed by atoms with Gasteiger partial charge < -0.3 is 15.5 Å². The summed E-state index contributed by atoms with van der Waals surface area (Å²) in [5, 5.41) is 20.8. The smallest absolute Gasteiger partial charge is 0.328 e. The molecule has 20 heavy (non-hydrogen) atoms. The number of anilines is 1. The van der Waals surface area contributed by atoms with Crippen LogP contribution >= 0.6 is 0 Å². The number of aliphatic carboxylic acids is 1. The molecule has 3 atom stereocenters. The van der Waals surface area contributed by atoms with E-state index in [0.717, 1.165) is 17.7 Å². The van der Waals surface area contributed by atoms with Gasteiger partial charge in [-0.3, -0.25) is 4.90 Å². The van der Waals surface area contributed by atoms with E-state index < -0.39 is 24.1 Å². The number of nitrogens with one attached hydrogen (secondary N) is 1. The highest BCUT2D eigenvalue weighted by atomic mass is 16.4. The van der Waals surface area contributed by atoms with Crippen LogP contribution in [0.5, 0.6) is 0 Å². The second kappa shape index (κ2) is 5.50. The quantitative estimate of drug-likeness (QED) is 0.769. The molecular weight excluding hydrogens is 260 g/mol. The summed E-state index contributed by atoms with van der Waals surface area (Å²) in [7, 11) is 0. The number of hydrogen-bond acceptors (Lipinski definition) is 3. The SMILES string of the molecule is CC1Cc2ccccc2N1C(=O)N[C@H](C(=O)O)[C@@H](C)O. The number of aliphatic hydroxyl groups is 1. The number of hydrogen-bond donors (Lipinski definition) is 3. The van der Waals surface area contributed by atoms with Gasteiger partial charge in [0.1, 0.15) is 0 Å². The molecule has 1 aliphatic heterocycles. The van der Waals surface area contributed by atoms with Crippen LogP contribution in [-0.2, 0) is 11.2 Å². The Kier molecular flexibility index (Phi) is 3.94. The molecule has 0 aromatic heterocycles. The van der Waals surface area contributed by atoms with Crippen LogP contribution in [0.3, 0.4) is 0 Å². The third-order valence-electron chi connectivity index (χ3n) is 3.45. The van der Waals surface area contributed by atoms with Gasteiger partial charge in [0, 0.05) is 11.7 Å². The molecule has 0 saturated carbocycles. The molecule has 1 aliphatic rings. The Morgan fingerprint density at radius 3 is 2.65 bits per heavy atom. The van der Waals surface area contributed by atoms with E-state index in [0.29, 0.717) is 0 Å². The first-order valence-electron chi connectivity index (χ1n) is 6.50. The molecule has 6 heteroatoms. The molecule has 6 nitrogen and oxygen atoms in total. The van der Waals surface area contributed by atoms with Crippen molar-refractivity contribution in [1.82, 2.24) is 5.32 Å². The zero-order valence-electron chi connectivity index (χ0n) is 11.4. The lowest BCUT2D eigenvalue weighted by Crippen LogP contribution is -2.53. The van der Waals surface area contributed by atoms with E-state index in [1.807, 2.05) is 31.2 Å². The lowest BCUT2D eigenvalue weighted by atomic mass is 10.1. The molecule has 2 rings (SSSR count). The molecule has 108 valence electrons. The van der Waals surface area contributed by atoms with E-state index in [-0.39, 0.29) is 6.04 Å². The van der Waals surface area contributed by atoms with E-state index in [1.54, 1.807) is 0 Å². The highest BCUT2D eigenvalue weighted by Crippen LogP contribution is 2.31. The number of amides is 2. The second-order valence-electron chi connectivity index (χ2n) is 5.06. The Labute approximate surface area is 117 Å². The van der Waals surface area contributed by atoms with Crippen LogP contribution < -0.4 is 10.2 Å². The fourth-order valence-corrected chi connectivity index (χ4v) is 2.47. The van der Waals surface area contributed by atoms with Gasteiger partial charge in [0.05, 0.1) is 6.10 Å². The summed E-state index contributed by atoms with van der Waals surface area (Å²) < 4.78 is 0. The lowest BCUT2D eigenvalue weighted by Gasteiger charge is -2.26. The van der Waals surface area contributed by atoms with Crippen molar-refractivity contribution in [2.45, 2.75) is 38.5 Å². The first-order chi connectivity index (χ1) is 9.41. The van der Waals surface area contributed by atoms with Gasteiger partial charge in [0.15, 0.2) is 6.04 Å². The van der Waals surface area contributed by atoms with Gasteiger partial charge in [-0.2, -0.15) is 0 Å². The number of carboxylic acid groups (broad SMARTS) is 1. The van der Waals surface area contributed by atoms with Crippen molar-refractivity contribution in [3.63, 3.8) is 0 Å². The van der Waals surface area contributed by atoms with Gasteiger partial charge >= 0.3 is 12.0 Å². The van der Waals surface area contributed by atoms with Crippen LogP contribution in [-0.4, -0.2) is 40.4 Å². The van der Waals surface area contributed by atoms with Crippen LogP contribution in [0.1, 0.15) is 19.4 Å². The summed E-state index contributed by atoms with van der Waals surface area (Å²) in [6, 6.07) is 5.65. The molecule has 0 radical (unpaired) electrons. The first kappa shape index (κ1) is 14.3. The molecule has 0 saturated heterocycles. The number of rotatable bonds is 3. The maximum absolute atomic E-state index is 12.3. The number of fused-ring (bicyclic) bond motifs is 1. The minimum Gasteiger partial charge on any atom is -0.480 e. The van der Waals surface area contributed by atoms with Gasteiger partial charge in [-0.25, -0.2) is 9.59 Å². The Morgan fingerprint density at radius 2 is 2.05 bits per heavy atom. The first-order valence-corrected chi connectivity index (χ1v) is 6.50. The van der Waals surface area contributed by atoms with E-state index in [9.17, 15) is 14.7 Å². The molecule has 1 unspecified atom stereocenters.